The maximum absolute atomic E-state index is 15.9. The maximum Gasteiger partial charge on any atom is 0.413 e. The van der Waals surface area contributed by atoms with Gasteiger partial charge in [0.15, 0.2) is 0 Å². The number of amidine groups is 1. The molecule has 4 aromatic rings. The fourth-order valence-corrected chi connectivity index (χ4v) is 13.7. The molecule has 0 aliphatic carbocycles. The Morgan fingerprint density at radius 2 is 1.51 bits per heavy atom. The molecule has 1 aromatic heterocycles. The third-order valence-electron chi connectivity index (χ3n) is 8.92. The van der Waals surface area contributed by atoms with Crippen LogP contribution in [0.1, 0.15) is 31.2 Å². The number of nitrogens with two attached hydrogens (primary N) is 1. The van der Waals surface area contributed by atoms with Crippen molar-refractivity contribution in [3.63, 3.8) is 0 Å². The fraction of sp³-hybridized carbons (Fsp3) is 0.357. The van der Waals surface area contributed by atoms with Crippen LogP contribution in [0.15, 0.2) is 89.4 Å². The Labute approximate surface area is 391 Å². The number of alkyl carbamates (subject to hydrolysis) is 1. The largest absolute Gasteiger partial charge is 0.450 e. The number of nitrogens with zero attached hydrogens (tertiary/aromatic N) is 1. The molecule has 0 saturated carbocycles. The molecule has 7 N–H and O–H groups in total. The number of anilines is 3. The summed E-state index contributed by atoms with van der Waals surface area (Å²) < 4.78 is 65.1. The highest BCUT2D eigenvalue weighted by Crippen LogP contribution is 2.42. The summed E-state index contributed by atoms with van der Waals surface area (Å²) in [6.45, 7) is 17.9. The number of sulfonamides is 1. The van der Waals surface area contributed by atoms with E-state index in [1.807, 2.05) is 0 Å². The van der Waals surface area contributed by atoms with Crippen molar-refractivity contribution in [1.29, 1.82) is 5.41 Å². The molecule has 0 radical (unpaired) electrons. The number of benzene rings is 3. The van der Waals surface area contributed by atoms with Crippen LogP contribution in [0.2, 0.25) is 44.8 Å². The molecule has 0 aliphatic rings. The number of urea groups is 1. The highest BCUT2D eigenvalue weighted by atomic mass is 32.3. The number of nitrogens with one attached hydrogen (secondary N) is 5. The van der Waals surface area contributed by atoms with Crippen molar-refractivity contribution < 1.29 is 46.0 Å². The van der Waals surface area contributed by atoms with Gasteiger partial charge in [0.25, 0.3) is 10.0 Å². The second-order valence-electron chi connectivity index (χ2n) is 17.3. The van der Waals surface area contributed by atoms with Crippen LogP contribution in [0.25, 0.3) is 11.1 Å². The molecule has 5 amide bonds. The van der Waals surface area contributed by atoms with E-state index in [1.165, 1.54) is 48.5 Å². The topological polar surface area (TPSA) is 258 Å². The van der Waals surface area contributed by atoms with Gasteiger partial charge in [0.1, 0.15) is 21.2 Å². The Kier molecular flexibility index (Phi) is 17.6. The van der Waals surface area contributed by atoms with E-state index in [4.69, 9.17) is 25.4 Å². The summed E-state index contributed by atoms with van der Waals surface area (Å²) in [5, 5.41) is 19.0. The van der Waals surface area contributed by atoms with Gasteiger partial charge < -0.3 is 25.3 Å². The van der Waals surface area contributed by atoms with E-state index in [9.17, 15) is 27.6 Å². The average molecular weight is 1000 g/mol. The first-order valence-electron chi connectivity index (χ1n) is 20.3. The predicted octanol–water partition coefficient (Wildman–Crippen LogP) is 9.98. The Hall–Kier alpha value is -5.21. The number of ether oxygens (including phenoxy) is 3. The van der Waals surface area contributed by atoms with Crippen LogP contribution in [0.3, 0.4) is 0 Å². The van der Waals surface area contributed by atoms with Gasteiger partial charge in [-0.2, -0.15) is 8.42 Å². The SMILES string of the molecule is CSc1sc(C(=N)NC(=O)OC(C)(C)C)cc1S(=O)(=NS(=O)(=O)c1ccc(NC(N)=O)cc1)c1cccc(-c2c(C)cc(NC(=O)OCC[SiH](C)C)cc2NC(=O)OCC[Si](C)(C)C)c1. The smallest absolute Gasteiger partial charge is 0.413 e. The number of primary amides is 1. The Morgan fingerprint density at radius 3 is 2.11 bits per heavy atom. The minimum absolute atomic E-state index is 0.0484. The Balaban J connectivity index is 1.94. The fourth-order valence-electron chi connectivity index (χ4n) is 5.83. The third-order valence-corrected chi connectivity index (χ3v) is 18.9. The van der Waals surface area contributed by atoms with Gasteiger partial charge in [-0.1, -0.05) is 48.6 Å². The first kappa shape index (κ1) is 52.4. The van der Waals surface area contributed by atoms with E-state index in [2.05, 4.69) is 57.8 Å². The predicted molar refractivity (Wildman–Crippen MR) is 265 cm³/mol. The van der Waals surface area contributed by atoms with E-state index in [0.717, 1.165) is 35.2 Å². The zero-order chi connectivity index (χ0) is 48.5. The molecule has 0 aliphatic heterocycles. The maximum atomic E-state index is 15.9. The molecule has 4 rings (SSSR count). The standard InChI is InChI=1S/C42H57N7O10S4Si2/c1-26-22-29(46-39(51)57-18-20-64(6)7)24-32(47-40(52)58-19-21-65(8,9)10)35(26)27-12-11-13-31(23-27)62(54,49-63(55,56)30-16-14-28(15-17-30)45-38(44)50)34-25-33(61-37(34)60-5)36(43)48-41(53)59-42(2,3)4/h11-17,22-25,64H,18-21H2,1-10H3,(H,46,51)(H,47,52)(H2,43,48,53)(H3,44,45,50). The van der Waals surface area contributed by atoms with Crippen molar-refractivity contribution in [2.45, 2.75) is 97.0 Å². The van der Waals surface area contributed by atoms with Crippen LogP contribution in [0.4, 0.5) is 36.2 Å². The molecule has 352 valence electrons. The summed E-state index contributed by atoms with van der Waals surface area (Å²) in [5.41, 5.74) is 6.47. The number of thiophene rings is 1. The number of hydrogen-bond acceptors (Lipinski definition) is 13. The van der Waals surface area contributed by atoms with Crippen LogP contribution in [0.5, 0.6) is 0 Å². The van der Waals surface area contributed by atoms with Crippen molar-refractivity contribution >= 4 is 107 Å². The minimum Gasteiger partial charge on any atom is -0.450 e. The van der Waals surface area contributed by atoms with E-state index >= 15 is 4.21 Å². The summed E-state index contributed by atoms with van der Waals surface area (Å²) in [7, 11) is -11.5. The summed E-state index contributed by atoms with van der Waals surface area (Å²) in [6, 6.07) is 16.4. The lowest BCUT2D eigenvalue weighted by atomic mass is 9.97. The van der Waals surface area contributed by atoms with Gasteiger partial charge >= 0.3 is 24.3 Å². The highest BCUT2D eigenvalue weighted by Gasteiger charge is 2.30. The lowest BCUT2D eigenvalue weighted by Crippen LogP contribution is -2.36. The van der Waals surface area contributed by atoms with E-state index in [0.29, 0.717) is 26.6 Å². The summed E-state index contributed by atoms with van der Waals surface area (Å²) in [5.74, 6) is -0.385. The molecule has 23 heteroatoms. The van der Waals surface area contributed by atoms with Crippen molar-refractivity contribution in [2.24, 2.45) is 9.50 Å². The molecule has 1 heterocycles. The number of thioether (sulfide) groups is 1. The lowest BCUT2D eigenvalue weighted by molar-refractivity contribution is 0.0563. The van der Waals surface area contributed by atoms with E-state index < -0.39 is 66.5 Å². The van der Waals surface area contributed by atoms with Crippen LogP contribution in [-0.4, -0.2) is 84.7 Å². The van der Waals surface area contributed by atoms with Gasteiger partial charge in [0, 0.05) is 33.8 Å². The molecular weight excluding hydrogens is 947 g/mol. The molecule has 65 heavy (non-hydrogen) atoms. The number of amides is 5. The van der Waals surface area contributed by atoms with Gasteiger partial charge in [-0.3, -0.25) is 21.4 Å². The van der Waals surface area contributed by atoms with Gasteiger partial charge in [-0.25, -0.2) is 23.4 Å². The quantitative estimate of drug-likeness (QED) is 0.0202. The Bertz CT molecular complexity index is 2670. The average Bonchev–Trinajstić information content (AvgIpc) is 3.62. The number of rotatable bonds is 16. The molecule has 0 saturated heterocycles. The molecular formula is C42H57N7O10S4Si2. The van der Waals surface area contributed by atoms with E-state index in [1.54, 1.807) is 52.1 Å². The van der Waals surface area contributed by atoms with Gasteiger partial charge in [0.05, 0.1) is 42.7 Å². The van der Waals surface area contributed by atoms with Crippen molar-refractivity contribution in [1.82, 2.24) is 5.32 Å². The second-order valence-corrected chi connectivity index (χ2v) is 32.4. The van der Waals surface area contributed by atoms with Crippen molar-refractivity contribution in [2.75, 3.05) is 35.4 Å². The number of hydrogen-bond donors (Lipinski definition) is 6. The van der Waals surface area contributed by atoms with Crippen LogP contribution >= 0.6 is 23.1 Å². The number of carbonyl (C=O) groups excluding carboxylic acids is 4. The molecule has 0 spiro atoms. The van der Waals surface area contributed by atoms with E-state index in [-0.39, 0.29) is 50.0 Å². The lowest BCUT2D eigenvalue weighted by Gasteiger charge is -2.19. The summed E-state index contributed by atoms with van der Waals surface area (Å²) in [4.78, 5) is 49.9. The van der Waals surface area contributed by atoms with Gasteiger partial charge in [0.2, 0.25) is 0 Å². The molecule has 0 fully saturated rings. The molecule has 3 aromatic carbocycles. The zero-order valence-electron chi connectivity index (χ0n) is 38.0. The molecule has 1 unspecified atom stereocenters. The van der Waals surface area contributed by atoms with Gasteiger partial charge in [-0.15, -0.1) is 23.1 Å². The van der Waals surface area contributed by atoms with Crippen LogP contribution in [-0.2, 0) is 34.0 Å². The highest BCUT2D eigenvalue weighted by molar-refractivity contribution is 8.05. The van der Waals surface area contributed by atoms with Crippen LogP contribution in [0, 0.1) is 12.3 Å². The zero-order valence-corrected chi connectivity index (χ0v) is 43.4. The molecule has 17 nitrogen and oxygen atoms in total. The normalized spacial score (nSPS) is 12.7. The van der Waals surface area contributed by atoms with Crippen molar-refractivity contribution in [3.05, 3.63) is 77.2 Å². The molecule has 0 bridgehead atoms. The minimum atomic E-state index is -4.76. The summed E-state index contributed by atoms with van der Waals surface area (Å²) in [6.07, 6.45) is -0.640. The first-order chi connectivity index (χ1) is 30.2. The monoisotopic (exact) mass is 1000 g/mol. The second kappa shape index (κ2) is 21.9. The Morgan fingerprint density at radius 1 is 0.862 bits per heavy atom. The number of carbonyl (C=O) groups is 4. The molecule has 1 atom stereocenters. The summed E-state index contributed by atoms with van der Waals surface area (Å²) >= 11 is 2.13. The first-order valence-corrected chi connectivity index (χ1v) is 32.1. The van der Waals surface area contributed by atoms with Crippen molar-refractivity contribution in [3.8, 4) is 11.1 Å². The van der Waals surface area contributed by atoms with Crippen LogP contribution < -0.4 is 27.0 Å². The third kappa shape index (κ3) is 15.4. The number of aryl methyl sites for hydroxylation is 1. The van der Waals surface area contributed by atoms with Gasteiger partial charge in [-0.05, 0) is 112 Å².